The first-order valence-electron chi connectivity index (χ1n) is 6.45. The van der Waals surface area contributed by atoms with Crippen molar-refractivity contribution in [3.05, 3.63) is 28.2 Å². The van der Waals surface area contributed by atoms with Crippen molar-refractivity contribution >= 4 is 21.6 Å². The third kappa shape index (κ3) is 4.12. The van der Waals surface area contributed by atoms with Gasteiger partial charge in [0.05, 0.1) is 17.3 Å². The quantitative estimate of drug-likeness (QED) is 0.841. The highest BCUT2D eigenvalue weighted by atomic mass is 79.9. The summed E-state index contributed by atoms with van der Waals surface area (Å²) in [5.74, 6) is 0. The molecule has 0 saturated carbocycles. The summed E-state index contributed by atoms with van der Waals surface area (Å²) < 4.78 is 44.4. The van der Waals surface area contributed by atoms with Gasteiger partial charge in [0, 0.05) is 16.7 Å². The van der Waals surface area contributed by atoms with Crippen LogP contribution in [-0.2, 0) is 10.9 Å². The van der Waals surface area contributed by atoms with Crippen LogP contribution in [-0.4, -0.2) is 18.2 Å². The number of hydrogen-bond donors (Lipinski definition) is 1. The Kier molecular flexibility index (Phi) is 4.35. The molecule has 1 atom stereocenters. The highest BCUT2D eigenvalue weighted by molar-refractivity contribution is 9.10. The molecule has 1 aromatic carbocycles. The Labute approximate surface area is 124 Å². The number of nitrogens with one attached hydrogen (secondary N) is 1. The van der Waals surface area contributed by atoms with Gasteiger partial charge in [-0.2, -0.15) is 13.2 Å². The Morgan fingerprint density at radius 2 is 2.05 bits per heavy atom. The lowest BCUT2D eigenvalue weighted by molar-refractivity contribution is -0.137. The van der Waals surface area contributed by atoms with Crippen molar-refractivity contribution in [3.63, 3.8) is 0 Å². The Morgan fingerprint density at radius 1 is 1.35 bits per heavy atom. The summed E-state index contributed by atoms with van der Waals surface area (Å²) in [6.07, 6.45) is -2.42. The van der Waals surface area contributed by atoms with Crippen molar-refractivity contribution in [1.29, 1.82) is 0 Å². The highest BCUT2D eigenvalue weighted by Crippen LogP contribution is 2.34. The summed E-state index contributed by atoms with van der Waals surface area (Å²) in [6, 6.07) is 3.82. The van der Waals surface area contributed by atoms with Crippen LogP contribution in [0.15, 0.2) is 22.7 Å². The zero-order valence-corrected chi connectivity index (χ0v) is 12.9. The molecular formula is C14H17BrF3NO. The van der Waals surface area contributed by atoms with Crippen LogP contribution in [0, 0.1) is 0 Å². The SMILES string of the molecule is CC1(C)CCC(CNc2cc(Br)cc(C(F)(F)F)c2)O1. The van der Waals surface area contributed by atoms with Crippen LogP contribution in [0.4, 0.5) is 18.9 Å². The van der Waals surface area contributed by atoms with Crippen molar-refractivity contribution in [2.75, 3.05) is 11.9 Å². The minimum absolute atomic E-state index is 0.0401. The first-order valence-corrected chi connectivity index (χ1v) is 7.24. The van der Waals surface area contributed by atoms with Crippen LogP contribution < -0.4 is 5.32 Å². The van der Waals surface area contributed by atoms with Gasteiger partial charge >= 0.3 is 6.18 Å². The Hall–Kier alpha value is -0.750. The van der Waals surface area contributed by atoms with E-state index >= 15 is 0 Å². The summed E-state index contributed by atoms with van der Waals surface area (Å²) in [5.41, 5.74) is -0.358. The molecule has 112 valence electrons. The van der Waals surface area contributed by atoms with E-state index < -0.39 is 11.7 Å². The van der Waals surface area contributed by atoms with Gasteiger partial charge in [-0.1, -0.05) is 15.9 Å². The van der Waals surface area contributed by atoms with Gasteiger partial charge < -0.3 is 10.1 Å². The van der Waals surface area contributed by atoms with Crippen molar-refractivity contribution in [3.8, 4) is 0 Å². The molecule has 0 amide bonds. The molecule has 1 aliphatic rings. The monoisotopic (exact) mass is 351 g/mol. The molecule has 6 heteroatoms. The van der Waals surface area contributed by atoms with Crippen molar-refractivity contribution in [1.82, 2.24) is 0 Å². The van der Waals surface area contributed by atoms with E-state index in [0.717, 1.165) is 25.0 Å². The third-order valence-electron chi connectivity index (χ3n) is 3.31. The van der Waals surface area contributed by atoms with Crippen LogP contribution in [0.25, 0.3) is 0 Å². The number of benzene rings is 1. The van der Waals surface area contributed by atoms with Crippen LogP contribution in [0.3, 0.4) is 0 Å². The largest absolute Gasteiger partial charge is 0.416 e. The molecule has 2 rings (SSSR count). The number of rotatable bonds is 3. The molecule has 0 aliphatic carbocycles. The third-order valence-corrected chi connectivity index (χ3v) is 3.77. The summed E-state index contributed by atoms with van der Waals surface area (Å²) in [5, 5.41) is 3.02. The van der Waals surface area contributed by atoms with Gasteiger partial charge in [-0.25, -0.2) is 0 Å². The number of ether oxygens (including phenoxy) is 1. The smallest absolute Gasteiger partial charge is 0.382 e. The van der Waals surface area contributed by atoms with Gasteiger partial charge in [-0.15, -0.1) is 0 Å². The Bertz CT molecular complexity index is 488. The van der Waals surface area contributed by atoms with E-state index in [1.54, 1.807) is 6.07 Å². The lowest BCUT2D eigenvalue weighted by Gasteiger charge is -2.20. The van der Waals surface area contributed by atoms with Crippen LogP contribution in [0.5, 0.6) is 0 Å². The number of halogens is 4. The predicted molar refractivity (Wildman–Crippen MR) is 75.8 cm³/mol. The molecule has 1 aromatic rings. The number of hydrogen-bond acceptors (Lipinski definition) is 2. The molecule has 0 bridgehead atoms. The maximum Gasteiger partial charge on any atom is 0.416 e. The van der Waals surface area contributed by atoms with Crippen LogP contribution in [0.2, 0.25) is 0 Å². The molecule has 2 nitrogen and oxygen atoms in total. The maximum absolute atomic E-state index is 12.7. The van der Waals surface area contributed by atoms with Crippen molar-refractivity contribution in [2.24, 2.45) is 0 Å². The standard InChI is InChI=1S/C14H17BrF3NO/c1-13(2)4-3-12(20-13)8-19-11-6-9(14(16,17)18)5-10(15)7-11/h5-7,12,19H,3-4,8H2,1-2H3. The normalized spacial score (nSPS) is 22.0. The second-order valence-electron chi connectivity index (χ2n) is 5.65. The van der Waals surface area contributed by atoms with Gasteiger partial charge in [-0.3, -0.25) is 0 Å². The molecule has 0 aromatic heterocycles. The van der Waals surface area contributed by atoms with Gasteiger partial charge in [0.25, 0.3) is 0 Å². The zero-order valence-electron chi connectivity index (χ0n) is 11.4. The Balaban J connectivity index is 2.02. The second kappa shape index (κ2) is 5.56. The molecule has 1 heterocycles. The van der Waals surface area contributed by atoms with Crippen molar-refractivity contribution < 1.29 is 17.9 Å². The van der Waals surface area contributed by atoms with Crippen LogP contribution >= 0.6 is 15.9 Å². The fourth-order valence-electron chi connectivity index (χ4n) is 2.31. The van der Waals surface area contributed by atoms with E-state index in [4.69, 9.17) is 4.74 Å². The van der Waals surface area contributed by atoms with Gasteiger partial charge in [0.2, 0.25) is 0 Å². The molecular weight excluding hydrogens is 335 g/mol. The fraction of sp³-hybridized carbons (Fsp3) is 0.571. The zero-order chi connectivity index (χ0) is 15.0. The molecule has 1 saturated heterocycles. The first kappa shape index (κ1) is 15.6. The maximum atomic E-state index is 12.7. The average molecular weight is 352 g/mol. The molecule has 1 unspecified atom stereocenters. The summed E-state index contributed by atoms with van der Waals surface area (Å²) in [6.45, 7) is 4.55. The van der Waals surface area contributed by atoms with Crippen LogP contribution in [0.1, 0.15) is 32.3 Å². The summed E-state index contributed by atoms with van der Waals surface area (Å²) in [4.78, 5) is 0. The summed E-state index contributed by atoms with van der Waals surface area (Å²) >= 11 is 3.11. The molecule has 20 heavy (non-hydrogen) atoms. The fourth-order valence-corrected chi connectivity index (χ4v) is 2.80. The van der Waals surface area contributed by atoms with E-state index in [1.165, 1.54) is 0 Å². The number of alkyl halides is 3. The molecule has 0 radical (unpaired) electrons. The van der Waals surface area contributed by atoms with Crippen molar-refractivity contribution in [2.45, 2.75) is 44.6 Å². The van der Waals surface area contributed by atoms with Gasteiger partial charge in [-0.05, 0) is 44.9 Å². The highest BCUT2D eigenvalue weighted by Gasteiger charge is 2.32. The minimum Gasteiger partial charge on any atom is -0.382 e. The van der Waals surface area contributed by atoms with Gasteiger partial charge in [0.15, 0.2) is 0 Å². The minimum atomic E-state index is -4.34. The van der Waals surface area contributed by atoms with E-state index in [1.807, 2.05) is 13.8 Å². The van der Waals surface area contributed by atoms with Gasteiger partial charge in [0.1, 0.15) is 0 Å². The topological polar surface area (TPSA) is 21.3 Å². The first-order chi connectivity index (χ1) is 9.16. The molecule has 1 N–H and O–H groups in total. The lowest BCUT2D eigenvalue weighted by Crippen LogP contribution is -2.24. The molecule has 1 fully saturated rings. The van der Waals surface area contributed by atoms with E-state index in [0.29, 0.717) is 16.7 Å². The van der Waals surface area contributed by atoms with E-state index in [2.05, 4.69) is 21.2 Å². The number of anilines is 1. The van der Waals surface area contributed by atoms with E-state index in [9.17, 15) is 13.2 Å². The summed E-state index contributed by atoms with van der Waals surface area (Å²) in [7, 11) is 0. The van der Waals surface area contributed by atoms with E-state index in [-0.39, 0.29) is 11.7 Å². The second-order valence-corrected chi connectivity index (χ2v) is 6.56. The molecule has 1 aliphatic heterocycles. The average Bonchev–Trinajstić information content (AvgIpc) is 2.64. The molecule has 0 spiro atoms. The lowest BCUT2D eigenvalue weighted by atomic mass is 10.1. The predicted octanol–water partition coefficient (Wildman–Crippen LogP) is 4.84. The Morgan fingerprint density at radius 3 is 2.60 bits per heavy atom.